The fraction of sp³-hybridized carbons (Fsp3) is 0.938. The topological polar surface area (TPSA) is 98.4 Å². The lowest BCUT2D eigenvalue weighted by atomic mass is 9.69. The van der Waals surface area contributed by atoms with Gasteiger partial charge in [-0.2, -0.15) is 5.12 Å². The van der Waals surface area contributed by atoms with Gasteiger partial charge in [0.2, 0.25) is 0 Å². The molecule has 2 saturated carbocycles. The molecule has 0 radical (unpaired) electrons. The minimum absolute atomic E-state index is 0.306. The second kappa shape index (κ2) is 10.0. The van der Waals surface area contributed by atoms with Crippen LogP contribution in [0.25, 0.3) is 0 Å². The van der Waals surface area contributed by atoms with Gasteiger partial charge in [0.05, 0.1) is 0 Å². The predicted octanol–water partition coefficient (Wildman–Crippen LogP) is 3.29. The van der Waals surface area contributed by atoms with Crippen molar-refractivity contribution in [3.8, 4) is 0 Å². The maximum atomic E-state index is 9.60. The van der Waals surface area contributed by atoms with Crippen LogP contribution < -0.4 is 17.4 Å². The van der Waals surface area contributed by atoms with E-state index in [2.05, 4.69) is 24.3 Å². The standard InChI is InChI=1S/C15H28.CH6N4O/c1-2-15(13-9-5-3-6-10-13)14-11-7-4-8-12-14;2-1(6)5(3)4/h13-15H,2-12H2,1H3;3-4H2,(H2,2,6). The molecule has 2 fully saturated rings. The van der Waals surface area contributed by atoms with Gasteiger partial charge in [0, 0.05) is 0 Å². The lowest BCUT2D eigenvalue weighted by Gasteiger charge is -2.37. The smallest absolute Gasteiger partial charge is 0.343 e. The fourth-order valence-electron chi connectivity index (χ4n) is 4.18. The highest BCUT2D eigenvalue weighted by atomic mass is 16.2. The summed E-state index contributed by atoms with van der Waals surface area (Å²) in [6.07, 6.45) is 16.8. The van der Waals surface area contributed by atoms with Gasteiger partial charge in [0.25, 0.3) is 0 Å². The van der Waals surface area contributed by atoms with Gasteiger partial charge in [-0.1, -0.05) is 77.6 Å². The molecule has 2 aliphatic carbocycles. The van der Waals surface area contributed by atoms with E-state index in [0.717, 1.165) is 17.8 Å². The Hall–Kier alpha value is -0.810. The largest absolute Gasteiger partial charge is 0.349 e. The van der Waals surface area contributed by atoms with Crippen molar-refractivity contribution in [1.82, 2.24) is 5.12 Å². The second-order valence-corrected chi connectivity index (χ2v) is 6.61. The first kappa shape index (κ1) is 18.2. The average molecular weight is 298 g/mol. The van der Waals surface area contributed by atoms with Crippen molar-refractivity contribution in [1.29, 1.82) is 0 Å². The molecule has 124 valence electrons. The monoisotopic (exact) mass is 298 g/mol. The van der Waals surface area contributed by atoms with Crippen molar-refractivity contribution in [2.24, 2.45) is 35.2 Å². The Morgan fingerprint density at radius 2 is 1.29 bits per heavy atom. The molecule has 2 rings (SSSR count). The highest BCUT2D eigenvalue weighted by Crippen LogP contribution is 2.41. The summed E-state index contributed by atoms with van der Waals surface area (Å²) in [7, 11) is 0. The Morgan fingerprint density at radius 3 is 1.52 bits per heavy atom. The number of hydrogen-bond donors (Lipinski definition) is 3. The molecule has 5 heteroatoms. The number of hydrogen-bond acceptors (Lipinski definition) is 3. The van der Waals surface area contributed by atoms with Crippen LogP contribution in [0.4, 0.5) is 4.79 Å². The molecule has 2 aliphatic rings. The Morgan fingerprint density at radius 1 is 0.952 bits per heavy atom. The predicted molar refractivity (Wildman–Crippen MR) is 86.7 cm³/mol. The van der Waals surface area contributed by atoms with E-state index in [-0.39, 0.29) is 0 Å². The molecule has 0 aromatic heterocycles. The third kappa shape index (κ3) is 6.66. The number of carbonyl (C=O) groups excluding carboxylic acids is 1. The minimum Gasteiger partial charge on any atom is -0.349 e. The highest BCUT2D eigenvalue weighted by molar-refractivity contribution is 5.70. The summed E-state index contributed by atoms with van der Waals surface area (Å²) in [5, 5.41) is 0.306. The van der Waals surface area contributed by atoms with Gasteiger partial charge < -0.3 is 5.73 Å². The van der Waals surface area contributed by atoms with E-state index in [1.807, 2.05) is 0 Å². The van der Waals surface area contributed by atoms with Crippen LogP contribution >= 0.6 is 0 Å². The van der Waals surface area contributed by atoms with Crippen molar-refractivity contribution in [3.63, 3.8) is 0 Å². The number of amides is 2. The Balaban J connectivity index is 0.000000315. The molecule has 0 spiro atoms. The van der Waals surface area contributed by atoms with Crippen molar-refractivity contribution in [2.45, 2.75) is 77.6 Å². The Kier molecular flexibility index (Phi) is 8.69. The van der Waals surface area contributed by atoms with Crippen LogP contribution in [0.5, 0.6) is 0 Å². The maximum absolute atomic E-state index is 9.60. The van der Waals surface area contributed by atoms with Gasteiger partial charge in [-0.05, 0) is 17.8 Å². The van der Waals surface area contributed by atoms with Gasteiger partial charge in [0.15, 0.2) is 0 Å². The molecule has 6 N–H and O–H groups in total. The van der Waals surface area contributed by atoms with Gasteiger partial charge in [-0.15, -0.1) is 0 Å². The summed E-state index contributed by atoms with van der Waals surface area (Å²) in [5.74, 6) is 12.4. The summed E-state index contributed by atoms with van der Waals surface area (Å²) in [6.45, 7) is 2.44. The van der Waals surface area contributed by atoms with E-state index in [0.29, 0.717) is 5.12 Å². The number of urea groups is 1. The van der Waals surface area contributed by atoms with Crippen molar-refractivity contribution < 1.29 is 4.79 Å². The normalized spacial score (nSPS) is 20.8. The molecule has 0 unspecified atom stereocenters. The molecule has 0 saturated heterocycles. The van der Waals surface area contributed by atoms with E-state index in [1.165, 1.54) is 44.9 Å². The second-order valence-electron chi connectivity index (χ2n) is 6.61. The van der Waals surface area contributed by atoms with E-state index >= 15 is 0 Å². The third-order valence-electron chi connectivity index (χ3n) is 5.24. The molecular formula is C16H34N4O. The van der Waals surface area contributed by atoms with Crippen LogP contribution in [-0.4, -0.2) is 11.1 Å². The molecule has 0 aliphatic heterocycles. The van der Waals surface area contributed by atoms with Crippen LogP contribution in [0.3, 0.4) is 0 Å². The zero-order chi connectivity index (χ0) is 15.7. The number of nitrogens with zero attached hydrogens (tertiary/aromatic N) is 1. The average Bonchev–Trinajstić information content (AvgIpc) is 2.51. The van der Waals surface area contributed by atoms with Gasteiger partial charge in [-0.3, -0.25) is 0 Å². The van der Waals surface area contributed by atoms with Crippen LogP contribution in [-0.2, 0) is 0 Å². The first-order chi connectivity index (χ1) is 10.1. The first-order valence-corrected chi connectivity index (χ1v) is 8.65. The zero-order valence-electron chi connectivity index (χ0n) is 13.6. The Bertz CT molecular complexity index is 266. The summed E-state index contributed by atoms with van der Waals surface area (Å²) in [5.41, 5.74) is 4.47. The van der Waals surface area contributed by atoms with Crippen molar-refractivity contribution in [2.75, 3.05) is 0 Å². The Labute approximate surface area is 129 Å². The first-order valence-electron chi connectivity index (χ1n) is 8.65. The lowest BCUT2D eigenvalue weighted by Crippen LogP contribution is -2.46. The van der Waals surface area contributed by atoms with E-state index in [4.69, 9.17) is 0 Å². The highest BCUT2D eigenvalue weighted by Gasteiger charge is 2.29. The van der Waals surface area contributed by atoms with Crippen LogP contribution in [0.2, 0.25) is 0 Å². The number of hydrazine groups is 2. The molecule has 0 heterocycles. The van der Waals surface area contributed by atoms with Gasteiger partial charge in [0.1, 0.15) is 0 Å². The number of rotatable bonds is 3. The third-order valence-corrected chi connectivity index (χ3v) is 5.24. The summed E-state index contributed by atoms with van der Waals surface area (Å²) >= 11 is 0. The van der Waals surface area contributed by atoms with Gasteiger partial charge in [-0.25, -0.2) is 16.5 Å². The minimum atomic E-state index is -0.852. The van der Waals surface area contributed by atoms with Crippen LogP contribution in [0, 0.1) is 17.8 Å². The SMILES string of the molecule is CCC(C1CCCCC1)C1CCCCC1.NC(=O)N(N)N. The molecule has 0 aromatic rings. The van der Waals surface area contributed by atoms with E-state index in [1.54, 1.807) is 25.7 Å². The van der Waals surface area contributed by atoms with E-state index in [9.17, 15) is 4.79 Å². The molecule has 2 amide bonds. The maximum Gasteiger partial charge on any atom is 0.343 e. The van der Waals surface area contributed by atoms with Crippen LogP contribution in [0.15, 0.2) is 0 Å². The molecule has 5 nitrogen and oxygen atoms in total. The van der Waals surface area contributed by atoms with Gasteiger partial charge >= 0.3 is 6.03 Å². The van der Waals surface area contributed by atoms with Crippen molar-refractivity contribution in [3.05, 3.63) is 0 Å². The summed E-state index contributed by atoms with van der Waals surface area (Å²) in [4.78, 5) is 9.60. The zero-order valence-corrected chi connectivity index (χ0v) is 13.6. The molecule has 21 heavy (non-hydrogen) atoms. The van der Waals surface area contributed by atoms with Crippen LogP contribution in [0.1, 0.15) is 77.6 Å². The van der Waals surface area contributed by atoms with E-state index < -0.39 is 6.03 Å². The quantitative estimate of drug-likeness (QED) is 0.423. The number of primary amides is 1. The molecular weight excluding hydrogens is 264 g/mol. The summed E-state index contributed by atoms with van der Waals surface area (Å²) in [6, 6.07) is -0.852. The summed E-state index contributed by atoms with van der Waals surface area (Å²) < 4.78 is 0. The molecule has 0 bridgehead atoms. The van der Waals surface area contributed by atoms with Crippen molar-refractivity contribution >= 4 is 6.03 Å². The molecule has 0 atom stereocenters. The lowest BCUT2D eigenvalue weighted by molar-refractivity contribution is 0.139. The number of nitrogens with two attached hydrogens (primary N) is 3. The number of carbonyl (C=O) groups is 1. The molecule has 0 aromatic carbocycles. The fourth-order valence-corrected chi connectivity index (χ4v) is 4.18.